The van der Waals surface area contributed by atoms with Crippen LogP contribution in [-0.4, -0.2) is 18.1 Å². The molecule has 0 N–H and O–H groups in total. The monoisotopic (exact) mass is 198 g/mol. The second kappa shape index (κ2) is 5.44. The molecule has 0 radical (unpaired) electrons. The predicted molar refractivity (Wildman–Crippen MR) is 49.3 cm³/mol. The summed E-state index contributed by atoms with van der Waals surface area (Å²) in [5.41, 5.74) is 0. The van der Waals surface area contributed by atoms with Crippen LogP contribution in [0.1, 0.15) is 13.8 Å². The molecule has 0 aliphatic heterocycles. The fourth-order valence-electron chi connectivity index (χ4n) is 0.470. The van der Waals surface area contributed by atoms with Gasteiger partial charge >= 0.3 is 0 Å². The molecule has 0 aromatic heterocycles. The Hall–Kier alpha value is 0.790. The molecule has 0 rings (SSSR count). The van der Waals surface area contributed by atoms with Gasteiger partial charge < -0.3 is 9.47 Å². The maximum atomic E-state index is 5.14. The van der Waals surface area contributed by atoms with E-state index in [1.165, 1.54) is 0 Å². The van der Waals surface area contributed by atoms with Gasteiger partial charge in [0.1, 0.15) is 0 Å². The van der Waals surface area contributed by atoms with Crippen LogP contribution in [0.2, 0.25) is 0 Å². The molecule has 0 aromatic rings. The fourth-order valence-corrected chi connectivity index (χ4v) is 1.41. The lowest BCUT2D eigenvalue weighted by Gasteiger charge is -2.21. The van der Waals surface area contributed by atoms with E-state index in [1.54, 1.807) is 0 Å². The molecular formula is C5H11O2PS2. The minimum Gasteiger partial charge on any atom is -0.334 e. The van der Waals surface area contributed by atoms with E-state index in [-0.39, 0.29) is 0 Å². The Morgan fingerprint density at radius 3 is 2.00 bits per heavy atom. The Labute approximate surface area is 73.5 Å². The molecule has 0 aliphatic carbocycles. The van der Waals surface area contributed by atoms with E-state index in [2.05, 4.69) is 12.6 Å². The fraction of sp³-hybridized carbons (Fsp3) is 1.00. The highest BCUT2D eigenvalue weighted by molar-refractivity contribution is 8.03. The molecular weight excluding hydrogens is 187 g/mol. The zero-order chi connectivity index (χ0) is 8.04. The van der Waals surface area contributed by atoms with Crippen LogP contribution in [0.15, 0.2) is 0 Å². The summed E-state index contributed by atoms with van der Waals surface area (Å²) in [5, 5.41) is 0. The average molecular weight is 198 g/mol. The summed E-state index contributed by atoms with van der Waals surface area (Å²) in [5.74, 6) is 0. The maximum Gasteiger partial charge on any atom is 0.269 e. The first-order valence-electron chi connectivity index (χ1n) is 3.03. The quantitative estimate of drug-likeness (QED) is 0.414. The van der Waals surface area contributed by atoms with Crippen molar-refractivity contribution in [3.63, 3.8) is 0 Å². The van der Waals surface area contributed by atoms with Crippen LogP contribution < -0.4 is 0 Å². The smallest absolute Gasteiger partial charge is 0.269 e. The largest absolute Gasteiger partial charge is 0.334 e. The summed E-state index contributed by atoms with van der Waals surface area (Å²) in [4.78, 5) is -0.876. The molecule has 0 bridgehead atoms. The number of rotatable bonds is 5. The lowest BCUT2D eigenvalue weighted by atomic mass is 10.8. The van der Waals surface area contributed by atoms with Gasteiger partial charge in [0.15, 0.2) is 0 Å². The number of hydrogen-bond acceptors (Lipinski definition) is 4. The van der Waals surface area contributed by atoms with Crippen LogP contribution in [0, 0.1) is 0 Å². The molecule has 0 unspecified atom stereocenters. The SMILES string of the molecule is CCOC(S)(OCC)P=S. The van der Waals surface area contributed by atoms with Crippen molar-refractivity contribution in [3.8, 4) is 0 Å². The van der Waals surface area contributed by atoms with Crippen molar-refractivity contribution in [2.45, 2.75) is 18.7 Å². The molecule has 0 atom stereocenters. The van der Waals surface area contributed by atoms with E-state index in [9.17, 15) is 0 Å². The van der Waals surface area contributed by atoms with Gasteiger partial charge in [-0.05, 0) is 13.8 Å². The highest BCUT2D eigenvalue weighted by Gasteiger charge is 2.23. The highest BCUT2D eigenvalue weighted by Crippen LogP contribution is 2.30. The van der Waals surface area contributed by atoms with Gasteiger partial charge in [-0.2, -0.15) is 0 Å². The van der Waals surface area contributed by atoms with Crippen LogP contribution in [0.4, 0.5) is 0 Å². The Morgan fingerprint density at radius 2 is 1.80 bits per heavy atom. The first kappa shape index (κ1) is 10.8. The van der Waals surface area contributed by atoms with E-state index in [1.807, 2.05) is 13.8 Å². The normalized spacial score (nSPS) is 12.3. The van der Waals surface area contributed by atoms with E-state index < -0.39 is 4.86 Å². The maximum absolute atomic E-state index is 5.14. The average Bonchev–Trinajstić information content (AvgIpc) is 1.89. The molecule has 10 heavy (non-hydrogen) atoms. The zero-order valence-electron chi connectivity index (χ0n) is 6.03. The van der Waals surface area contributed by atoms with E-state index in [0.717, 1.165) is 0 Å². The number of ether oxygens (including phenoxy) is 2. The molecule has 2 nitrogen and oxygen atoms in total. The van der Waals surface area contributed by atoms with Gasteiger partial charge in [0.2, 0.25) is 0 Å². The van der Waals surface area contributed by atoms with E-state index >= 15 is 0 Å². The van der Waals surface area contributed by atoms with Gasteiger partial charge in [-0.3, -0.25) is 0 Å². The van der Waals surface area contributed by atoms with Gasteiger partial charge in [-0.15, -0.1) is 12.6 Å². The summed E-state index contributed by atoms with van der Waals surface area (Å²) in [6.07, 6.45) is 0. The lowest BCUT2D eigenvalue weighted by Crippen LogP contribution is -2.22. The third-order valence-corrected chi connectivity index (χ3v) is 2.95. The molecule has 0 heterocycles. The van der Waals surface area contributed by atoms with Gasteiger partial charge in [0.05, 0.1) is 7.36 Å². The Kier molecular flexibility index (Phi) is 5.87. The van der Waals surface area contributed by atoms with Crippen LogP contribution in [0.25, 0.3) is 0 Å². The first-order valence-corrected chi connectivity index (χ1v) is 5.38. The standard InChI is InChI=1S/C5H11O2PS2/c1-3-6-5(9,8-10)7-4-2/h9H,3-4H2,1-2H3. The van der Waals surface area contributed by atoms with Crippen molar-refractivity contribution >= 4 is 31.8 Å². The molecule has 5 heteroatoms. The van der Waals surface area contributed by atoms with Crippen LogP contribution in [0.3, 0.4) is 0 Å². The van der Waals surface area contributed by atoms with Crippen LogP contribution in [-0.2, 0) is 21.3 Å². The first-order chi connectivity index (χ1) is 4.68. The Bertz CT molecular complexity index is 104. The number of hydrogen-bond donors (Lipinski definition) is 1. The third-order valence-electron chi connectivity index (χ3n) is 0.780. The molecule has 0 fully saturated rings. The van der Waals surface area contributed by atoms with Gasteiger partial charge in [-0.1, -0.05) is 11.8 Å². The van der Waals surface area contributed by atoms with Crippen LogP contribution in [0.5, 0.6) is 0 Å². The number of thiol groups is 1. The van der Waals surface area contributed by atoms with Gasteiger partial charge in [0.25, 0.3) is 4.86 Å². The predicted octanol–water partition coefficient (Wildman–Crippen LogP) is 2.01. The lowest BCUT2D eigenvalue weighted by molar-refractivity contribution is -0.100. The molecule has 0 saturated carbocycles. The third kappa shape index (κ3) is 3.84. The van der Waals surface area contributed by atoms with E-state index in [4.69, 9.17) is 21.3 Å². The van der Waals surface area contributed by atoms with E-state index in [0.29, 0.717) is 20.6 Å². The molecule has 0 aromatic carbocycles. The van der Waals surface area contributed by atoms with Crippen molar-refractivity contribution in [3.05, 3.63) is 0 Å². The second-order valence-electron chi connectivity index (χ2n) is 1.51. The van der Waals surface area contributed by atoms with Crippen molar-refractivity contribution in [2.24, 2.45) is 0 Å². The Balaban J connectivity index is 3.81. The molecule has 0 amide bonds. The van der Waals surface area contributed by atoms with Crippen molar-refractivity contribution in [1.82, 2.24) is 0 Å². The Morgan fingerprint density at radius 1 is 1.40 bits per heavy atom. The summed E-state index contributed by atoms with van der Waals surface area (Å²) < 4.78 is 10.3. The summed E-state index contributed by atoms with van der Waals surface area (Å²) in [6.45, 7) is 4.88. The summed E-state index contributed by atoms with van der Waals surface area (Å²) in [6, 6.07) is 0. The van der Waals surface area contributed by atoms with Crippen molar-refractivity contribution in [2.75, 3.05) is 13.2 Å². The molecule has 60 valence electrons. The highest BCUT2D eigenvalue weighted by atomic mass is 32.4. The summed E-state index contributed by atoms with van der Waals surface area (Å²) in [7, 11) is 0.572. The minimum absolute atomic E-state index is 0.563. The topological polar surface area (TPSA) is 18.5 Å². The van der Waals surface area contributed by atoms with Crippen LogP contribution >= 0.6 is 20.0 Å². The van der Waals surface area contributed by atoms with Crippen molar-refractivity contribution in [1.29, 1.82) is 0 Å². The minimum atomic E-state index is -0.876. The molecule has 0 spiro atoms. The van der Waals surface area contributed by atoms with Crippen molar-refractivity contribution < 1.29 is 9.47 Å². The van der Waals surface area contributed by atoms with Gasteiger partial charge in [0, 0.05) is 13.2 Å². The second-order valence-corrected chi connectivity index (χ2v) is 3.77. The molecule has 0 saturated heterocycles. The zero-order valence-corrected chi connectivity index (χ0v) is 8.64. The van der Waals surface area contributed by atoms with Gasteiger partial charge in [-0.25, -0.2) is 0 Å². The molecule has 0 aliphatic rings. The summed E-state index contributed by atoms with van der Waals surface area (Å²) >= 11 is 8.88.